The Morgan fingerprint density at radius 2 is 2.00 bits per heavy atom. The third kappa shape index (κ3) is 2.98. The molecule has 0 aromatic carbocycles. The van der Waals surface area contributed by atoms with Gasteiger partial charge in [-0.25, -0.2) is 13.2 Å². The Bertz CT molecular complexity index is 655. The molecular weight excluding hydrogens is 292 g/mol. The molecule has 1 aliphatic rings. The van der Waals surface area contributed by atoms with Gasteiger partial charge in [0.15, 0.2) is 0 Å². The van der Waals surface area contributed by atoms with Crippen LogP contribution in [0.1, 0.15) is 37.7 Å². The van der Waals surface area contributed by atoms with Crippen LogP contribution < -0.4 is 0 Å². The molecule has 0 aliphatic carbocycles. The van der Waals surface area contributed by atoms with Crippen molar-refractivity contribution in [1.29, 1.82) is 0 Å². The van der Waals surface area contributed by atoms with E-state index in [1.54, 1.807) is 0 Å². The van der Waals surface area contributed by atoms with Gasteiger partial charge in [-0.15, -0.1) is 0 Å². The second kappa shape index (κ2) is 5.14. The van der Waals surface area contributed by atoms with Crippen molar-refractivity contribution >= 4 is 16.0 Å². The number of carboxylic acids is 1. The van der Waals surface area contributed by atoms with Gasteiger partial charge in [-0.3, -0.25) is 0 Å². The highest BCUT2D eigenvalue weighted by molar-refractivity contribution is 7.89. The van der Waals surface area contributed by atoms with Crippen molar-refractivity contribution in [3.05, 3.63) is 18.0 Å². The lowest BCUT2D eigenvalue weighted by molar-refractivity contribution is 0.0686. The topological polar surface area (TPSA) is 79.6 Å². The summed E-state index contributed by atoms with van der Waals surface area (Å²) in [5.74, 6) is -0.817. The van der Waals surface area contributed by atoms with Gasteiger partial charge < -0.3 is 9.67 Å². The molecule has 2 heterocycles. The molecule has 0 bridgehead atoms. The summed E-state index contributed by atoms with van der Waals surface area (Å²) in [6.45, 7) is 7.31. The first-order valence-corrected chi connectivity index (χ1v) is 8.37. The van der Waals surface area contributed by atoms with E-state index in [2.05, 4.69) is 20.8 Å². The van der Waals surface area contributed by atoms with Crippen LogP contribution in [-0.2, 0) is 17.1 Å². The molecule has 7 heteroatoms. The fourth-order valence-electron chi connectivity index (χ4n) is 2.69. The molecule has 0 spiro atoms. The third-order valence-electron chi connectivity index (χ3n) is 4.21. The first-order valence-electron chi connectivity index (χ1n) is 6.93. The summed E-state index contributed by atoms with van der Waals surface area (Å²) >= 11 is 0. The van der Waals surface area contributed by atoms with Crippen LogP contribution >= 0.6 is 0 Å². The number of aromatic carboxylic acids is 1. The van der Waals surface area contributed by atoms with Crippen LogP contribution in [0.3, 0.4) is 0 Å². The summed E-state index contributed by atoms with van der Waals surface area (Å²) in [6.07, 6.45) is 2.20. The SMILES string of the molecule is Cn1cc(S(=O)(=O)N2CCC(C(C)(C)C)C2)cc1C(=O)O. The molecule has 118 valence electrons. The number of carboxylic acid groups (broad SMARTS) is 1. The molecule has 0 radical (unpaired) electrons. The zero-order valence-corrected chi connectivity index (χ0v) is 13.6. The molecule has 1 N–H and O–H groups in total. The lowest BCUT2D eigenvalue weighted by Crippen LogP contribution is -2.31. The summed E-state index contributed by atoms with van der Waals surface area (Å²) in [5.41, 5.74) is 0.0350. The molecule has 1 saturated heterocycles. The van der Waals surface area contributed by atoms with Crippen LogP contribution in [0.25, 0.3) is 0 Å². The van der Waals surface area contributed by atoms with Gasteiger partial charge in [0, 0.05) is 26.3 Å². The smallest absolute Gasteiger partial charge is 0.352 e. The molecular formula is C14H22N2O4S. The summed E-state index contributed by atoms with van der Waals surface area (Å²) in [6, 6.07) is 1.22. The number of sulfonamides is 1. The Morgan fingerprint density at radius 3 is 2.43 bits per heavy atom. The largest absolute Gasteiger partial charge is 0.477 e. The highest BCUT2D eigenvalue weighted by atomic mass is 32.2. The molecule has 0 saturated carbocycles. The first-order chi connectivity index (χ1) is 9.53. The first kappa shape index (κ1) is 16.0. The van der Waals surface area contributed by atoms with Crippen LogP contribution in [-0.4, -0.2) is 41.5 Å². The molecule has 2 rings (SSSR count). The van der Waals surface area contributed by atoms with E-state index >= 15 is 0 Å². The van der Waals surface area contributed by atoms with Gasteiger partial charge in [0.1, 0.15) is 10.6 Å². The lowest BCUT2D eigenvalue weighted by atomic mass is 9.80. The van der Waals surface area contributed by atoms with E-state index < -0.39 is 16.0 Å². The van der Waals surface area contributed by atoms with Crippen LogP contribution in [0.5, 0.6) is 0 Å². The minimum absolute atomic E-state index is 0.0276. The van der Waals surface area contributed by atoms with E-state index in [4.69, 9.17) is 5.11 Å². The Hall–Kier alpha value is -1.34. The zero-order chi connectivity index (χ0) is 16.0. The summed E-state index contributed by atoms with van der Waals surface area (Å²) < 4.78 is 28.0. The lowest BCUT2D eigenvalue weighted by Gasteiger charge is -2.26. The van der Waals surface area contributed by atoms with Gasteiger partial charge in [0.25, 0.3) is 0 Å². The molecule has 1 fully saturated rings. The van der Waals surface area contributed by atoms with Gasteiger partial charge in [-0.1, -0.05) is 20.8 Å². The van der Waals surface area contributed by atoms with Crippen molar-refractivity contribution in [3.63, 3.8) is 0 Å². The van der Waals surface area contributed by atoms with Crippen molar-refractivity contribution in [2.45, 2.75) is 32.1 Å². The predicted molar refractivity (Wildman–Crippen MR) is 78.7 cm³/mol. The third-order valence-corrected chi connectivity index (χ3v) is 6.04. The standard InChI is InChI=1S/C14H22N2O4S/c1-14(2,3)10-5-6-16(8-10)21(19,20)11-7-12(13(17)18)15(4)9-11/h7,9-10H,5-6,8H2,1-4H3,(H,17,18). The Labute approximate surface area is 125 Å². The van der Waals surface area contributed by atoms with E-state index in [0.717, 1.165) is 6.42 Å². The van der Waals surface area contributed by atoms with E-state index in [9.17, 15) is 13.2 Å². The number of aromatic nitrogens is 1. The van der Waals surface area contributed by atoms with E-state index in [1.807, 2.05) is 0 Å². The zero-order valence-electron chi connectivity index (χ0n) is 12.8. The Kier molecular flexibility index (Phi) is 3.92. The maximum absolute atomic E-state index is 12.6. The number of carbonyl (C=O) groups is 1. The van der Waals surface area contributed by atoms with Crippen molar-refractivity contribution < 1.29 is 18.3 Å². The number of nitrogens with zero attached hydrogens (tertiary/aromatic N) is 2. The van der Waals surface area contributed by atoms with Gasteiger partial charge in [0.05, 0.1) is 0 Å². The summed E-state index contributed by atoms with van der Waals surface area (Å²) in [7, 11) is -2.09. The minimum atomic E-state index is -3.62. The van der Waals surface area contributed by atoms with Gasteiger partial charge in [0.2, 0.25) is 10.0 Å². The van der Waals surface area contributed by atoms with Crippen molar-refractivity contribution in [3.8, 4) is 0 Å². The summed E-state index contributed by atoms with van der Waals surface area (Å²) in [4.78, 5) is 11.1. The second-order valence-electron chi connectivity index (χ2n) is 6.69. The predicted octanol–water partition coefficient (Wildman–Crippen LogP) is 1.78. The molecule has 21 heavy (non-hydrogen) atoms. The molecule has 0 amide bonds. The molecule has 1 aromatic rings. The molecule has 1 aliphatic heterocycles. The normalized spacial score (nSPS) is 20.9. The summed E-state index contributed by atoms with van der Waals surface area (Å²) in [5, 5.41) is 9.03. The maximum atomic E-state index is 12.6. The van der Waals surface area contributed by atoms with Crippen LogP contribution in [0.2, 0.25) is 0 Å². The van der Waals surface area contributed by atoms with Crippen LogP contribution in [0, 0.1) is 11.3 Å². The van der Waals surface area contributed by atoms with E-state index in [-0.39, 0.29) is 16.0 Å². The van der Waals surface area contributed by atoms with Crippen molar-refractivity contribution in [2.75, 3.05) is 13.1 Å². The van der Waals surface area contributed by atoms with E-state index in [0.29, 0.717) is 19.0 Å². The number of rotatable bonds is 3. The van der Waals surface area contributed by atoms with Crippen molar-refractivity contribution in [2.24, 2.45) is 18.4 Å². The molecule has 1 atom stereocenters. The maximum Gasteiger partial charge on any atom is 0.352 e. The molecule has 1 aromatic heterocycles. The Balaban J connectivity index is 2.28. The van der Waals surface area contributed by atoms with Crippen LogP contribution in [0.15, 0.2) is 17.2 Å². The number of hydrogen-bond donors (Lipinski definition) is 1. The highest BCUT2D eigenvalue weighted by Crippen LogP contribution is 2.35. The van der Waals surface area contributed by atoms with Crippen molar-refractivity contribution in [1.82, 2.24) is 8.87 Å². The second-order valence-corrected chi connectivity index (χ2v) is 8.63. The fraction of sp³-hybridized carbons (Fsp3) is 0.643. The molecule has 6 nitrogen and oxygen atoms in total. The van der Waals surface area contributed by atoms with Gasteiger partial charge >= 0.3 is 5.97 Å². The monoisotopic (exact) mass is 314 g/mol. The van der Waals surface area contributed by atoms with Crippen LogP contribution in [0.4, 0.5) is 0 Å². The average Bonchev–Trinajstić information content (AvgIpc) is 2.93. The minimum Gasteiger partial charge on any atom is -0.477 e. The van der Waals surface area contributed by atoms with E-state index in [1.165, 1.54) is 28.2 Å². The quantitative estimate of drug-likeness (QED) is 0.922. The fourth-order valence-corrected chi connectivity index (χ4v) is 4.26. The Morgan fingerprint density at radius 1 is 1.38 bits per heavy atom. The highest BCUT2D eigenvalue weighted by Gasteiger charge is 2.38. The average molecular weight is 314 g/mol. The number of aryl methyl sites for hydroxylation is 1. The molecule has 1 unspecified atom stereocenters. The number of hydrogen-bond acceptors (Lipinski definition) is 3. The van der Waals surface area contributed by atoms with Gasteiger partial charge in [-0.05, 0) is 23.8 Å². The van der Waals surface area contributed by atoms with Gasteiger partial charge in [-0.2, -0.15) is 4.31 Å².